The predicted octanol–water partition coefficient (Wildman–Crippen LogP) is 4.60. The SMILES string of the molecule is CCCN(CCC)c1ccc2cc3ccc(N)cc3nc2c1. The summed E-state index contributed by atoms with van der Waals surface area (Å²) in [5, 5.41) is 2.31. The highest BCUT2D eigenvalue weighted by Gasteiger charge is 2.07. The van der Waals surface area contributed by atoms with Gasteiger partial charge in [-0.25, -0.2) is 4.98 Å². The molecule has 0 aliphatic heterocycles. The van der Waals surface area contributed by atoms with Gasteiger partial charge in [0.25, 0.3) is 0 Å². The van der Waals surface area contributed by atoms with Gasteiger partial charge in [0.05, 0.1) is 11.0 Å². The van der Waals surface area contributed by atoms with Crippen LogP contribution in [0.2, 0.25) is 0 Å². The van der Waals surface area contributed by atoms with Gasteiger partial charge in [0.15, 0.2) is 0 Å². The number of anilines is 2. The van der Waals surface area contributed by atoms with Gasteiger partial charge in [-0.3, -0.25) is 0 Å². The molecule has 3 heteroatoms. The number of nitrogens with zero attached hydrogens (tertiary/aromatic N) is 2. The Kier molecular flexibility index (Phi) is 4.14. The Morgan fingerprint density at radius 3 is 2.18 bits per heavy atom. The first-order valence-corrected chi connectivity index (χ1v) is 8.06. The lowest BCUT2D eigenvalue weighted by Gasteiger charge is -2.24. The summed E-state index contributed by atoms with van der Waals surface area (Å²) in [4.78, 5) is 7.23. The third kappa shape index (κ3) is 2.84. The summed E-state index contributed by atoms with van der Waals surface area (Å²) in [7, 11) is 0. The monoisotopic (exact) mass is 293 g/mol. The highest BCUT2D eigenvalue weighted by Crippen LogP contribution is 2.25. The summed E-state index contributed by atoms with van der Waals surface area (Å²) in [6.45, 7) is 6.61. The van der Waals surface area contributed by atoms with Crippen LogP contribution in [0.1, 0.15) is 26.7 Å². The van der Waals surface area contributed by atoms with E-state index in [0.717, 1.165) is 48.0 Å². The second kappa shape index (κ2) is 6.22. The molecule has 1 aromatic heterocycles. The molecule has 3 nitrogen and oxygen atoms in total. The number of benzene rings is 2. The van der Waals surface area contributed by atoms with Gasteiger partial charge < -0.3 is 10.6 Å². The molecule has 114 valence electrons. The first-order valence-electron chi connectivity index (χ1n) is 8.06. The second-order valence-electron chi connectivity index (χ2n) is 5.80. The Bertz CT molecular complexity index is 789. The van der Waals surface area contributed by atoms with Gasteiger partial charge >= 0.3 is 0 Å². The topological polar surface area (TPSA) is 42.1 Å². The van der Waals surface area contributed by atoms with Gasteiger partial charge in [-0.05, 0) is 43.2 Å². The van der Waals surface area contributed by atoms with E-state index >= 15 is 0 Å². The molecule has 22 heavy (non-hydrogen) atoms. The lowest BCUT2D eigenvalue weighted by Crippen LogP contribution is -2.24. The normalized spacial score (nSPS) is 11.2. The van der Waals surface area contributed by atoms with Crippen molar-refractivity contribution in [3.63, 3.8) is 0 Å². The molecule has 0 atom stereocenters. The van der Waals surface area contributed by atoms with Crippen molar-refractivity contribution in [2.75, 3.05) is 23.7 Å². The van der Waals surface area contributed by atoms with E-state index in [-0.39, 0.29) is 0 Å². The lowest BCUT2D eigenvalue weighted by atomic mass is 10.1. The number of nitrogen functional groups attached to an aromatic ring is 1. The van der Waals surface area contributed by atoms with E-state index in [9.17, 15) is 0 Å². The minimum absolute atomic E-state index is 0.758. The van der Waals surface area contributed by atoms with E-state index in [1.165, 1.54) is 11.1 Å². The largest absolute Gasteiger partial charge is 0.399 e. The van der Waals surface area contributed by atoms with Crippen LogP contribution < -0.4 is 10.6 Å². The Morgan fingerprint density at radius 2 is 1.50 bits per heavy atom. The molecule has 2 aromatic carbocycles. The molecule has 0 spiro atoms. The summed E-state index contributed by atoms with van der Waals surface area (Å²) < 4.78 is 0. The van der Waals surface area contributed by atoms with E-state index in [2.05, 4.69) is 43.0 Å². The fraction of sp³-hybridized carbons (Fsp3) is 0.316. The molecular formula is C19H23N3. The minimum Gasteiger partial charge on any atom is -0.399 e. The highest BCUT2D eigenvalue weighted by atomic mass is 15.1. The van der Waals surface area contributed by atoms with Gasteiger partial charge in [-0.2, -0.15) is 0 Å². The Labute approximate surface area is 131 Å². The summed E-state index contributed by atoms with van der Waals surface area (Å²) in [5.74, 6) is 0. The molecule has 0 amide bonds. The Balaban J connectivity index is 2.09. The number of aromatic nitrogens is 1. The van der Waals surface area contributed by atoms with E-state index < -0.39 is 0 Å². The molecule has 3 aromatic rings. The third-order valence-electron chi connectivity index (χ3n) is 3.97. The number of fused-ring (bicyclic) bond motifs is 2. The van der Waals surface area contributed by atoms with Gasteiger partial charge in [-0.1, -0.05) is 26.0 Å². The Morgan fingerprint density at radius 1 is 0.864 bits per heavy atom. The first kappa shape index (κ1) is 14.6. The van der Waals surface area contributed by atoms with Crippen molar-refractivity contribution in [2.45, 2.75) is 26.7 Å². The number of hydrogen-bond donors (Lipinski definition) is 1. The number of nitrogens with two attached hydrogens (primary N) is 1. The average molecular weight is 293 g/mol. The van der Waals surface area contributed by atoms with Gasteiger partial charge in [0.2, 0.25) is 0 Å². The van der Waals surface area contributed by atoms with Crippen molar-refractivity contribution in [1.29, 1.82) is 0 Å². The van der Waals surface area contributed by atoms with E-state index in [4.69, 9.17) is 10.7 Å². The maximum Gasteiger partial charge on any atom is 0.0730 e. The zero-order valence-electron chi connectivity index (χ0n) is 13.3. The molecule has 0 bridgehead atoms. The number of pyridine rings is 1. The fourth-order valence-electron chi connectivity index (χ4n) is 2.93. The van der Waals surface area contributed by atoms with Crippen LogP contribution in [0.4, 0.5) is 11.4 Å². The summed E-state index contributed by atoms with van der Waals surface area (Å²) >= 11 is 0. The smallest absolute Gasteiger partial charge is 0.0730 e. The van der Waals surface area contributed by atoms with Crippen molar-refractivity contribution >= 4 is 33.2 Å². The summed E-state index contributed by atoms with van der Waals surface area (Å²) in [6.07, 6.45) is 2.30. The van der Waals surface area contributed by atoms with Crippen LogP contribution in [-0.4, -0.2) is 18.1 Å². The molecule has 3 rings (SSSR count). The molecule has 0 aliphatic carbocycles. The average Bonchev–Trinajstić information content (AvgIpc) is 2.52. The summed E-state index contributed by atoms with van der Waals surface area (Å²) in [5.41, 5.74) is 9.89. The van der Waals surface area contributed by atoms with E-state index in [1.54, 1.807) is 0 Å². The zero-order valence-corrected chi connectivity index (χ0v) is 13.3. The van der Waals surface area contributed by atoms with E-state index in [1.807, 2.05) is 18.2 Å². The van der Waals surface area contributed by atoms with Gasteiger partial charge in [-0.15, -0.1) is 0 Å². The first-order chi connectivity index (χ1) is 10.7. The van der Waals surface area contributed by atoms with Gasteiger partial charge in [0, 0.05) is 35.2 Å². The lowest BCUT2D eigenvalue weighted by molar-refractivity contribution is 0.745. The third-order valence-corrected chi connectivity index (χ3v) is 3.97. The second-order valence-corrected chi connectivity index (χ2v) is 5.80. The fourth-order valence-corrected chi connectivity index (χ4v) is 2.93. The molecule has 2 N–H and O–H groups in total. The maximum absolute atomic E-state index is 5.88. The molecule has 0 saturated heterocycles. The zero-order chi connectivity index (χ0) is 15.5. The van der Waals surface area contributed by atoms with Crippen LogP contribution in [0.5, 0.6) is 0 Å². The van der Waals surface area contributed by atoms with Crippen molar-refractivity contribution in [3.8, 4) is 0 Å². The van der Waals surface area contributed by atoms with Crippen molar-refractivity contribution in [3.05, 3.63) is 42.5 Å². The standard InChI is InChI=1S/C19H23N3/c1-3-9-22(10-4-2)17-8-6-15-11-14-5-7-16(20)12-18(14)21-19(15)13-17/h5-8,11-13H,3-4,9-10,20H2,1-2H3. The van der Waals surface area contributed by atoms with Crippen LogP contribution in [-0.2, 0) is 0 Å². The number of hydrogen-bond acceptors (Lipinski definition) is 3. The molecule has 0 aliphatic rings. The van der Waals surface area contributed by atoms with Crippen LogP contribution in [0.15, 0.2) is 42.5 Å². The Hall–Kier alpha value is -2.29. The molecule has 0 saturated carbocycles. The van der Waals surface area contributed by atoms with Crippen molar-refractivity contribution in [1.82, 2.24) is 4.98 Å². The van der Waals surface area contributed by atoms with Crippen LogP contribution in [0, 0.1) is 0 Å². The summed E-state index contributed by atoms with van der Waals surface area (Å²) in [6, 6.07) is 14.7. The molecule has 0 fully saturated rings. The predicted molar refractivity (Wildman–Crippen MR) is 96.5 cm³/mol. The number of rotatable bonds is 5. The van der Waals surface area contributed by atoms with Crippen LogP contribution >= 0.6 is 0 Å². The molecule has 0 radical (unpaired) electrons. The molecular weight excluding hydrogens is 270 g/mol. The van der Waals surface area contributed by atoms with Gasteiger partial charge in [0.1, 0.15) is 0 Å². The van der Waals surface area contributed by atoms with Crippen molar-refractivity contribution < 1.29 is 0 Å². The molecule has 1 heterocycles. The molecule has 0 unspecified atom stereocenters. The van der Waals surface area contributed by atoms with Crippen molar-refractivity contribution in [2.24, 2.45) is 0 Å². The maximum atomic E-state index is 5.88. The highest BCUT2D eigenvalue weighted by molar-refractivity contribution is 5.95. The van der Waals surface area contributed by atoms with E-state index in [0.29, 0.717) is 0 Å². The van der Waals surface area contributed by atoms with Crippen LogP contribution in [0.25, 0.3) is 21.8 Å². The minimum atomic E-state index is 0.758. The van der Waals surface area contributed by atoms with Crippen LogP contribution in [0.3, 0.4) is 0 Å². The quantitative estimate of drug-likeness (QED) is 0.552.